The molecule has 2 rings (SSSR count). The van der Waals surface area contributed by atoms with Gasteiger partial charge in [0.2, 0.25) is 0 Å². The summed E-state index contributed by atoms with van der Waals surface area (Å²) in [5.41, 5.74) is 7.86. The summed E-state index contributed by atoms with van der Waals surface area (Å²) >= 11 is 0. The SMILES string of the molecule is CCOC(=O)c1c(N)cccc1C(C)N1CCOCC1. The normalized spacial score (nSPS) is 17.7. The van der Waals surface area contributed by atoms with Crippen LogP contribution in [0.15, 0.2) is 18.2 Å². The van der Waals surface area contributed by atoms with Crippen molar-refractivity contribution in [3.63, 3.8) is 0 Å². The van der Waals surface area contributed by atoms with Gasteiger partial charge in [-0.05, 0) is 25.5 Å². The maximum atomic E-state index is 12.1. The van der Waals surface area contributed by atoms with Crippen LogP contribution in [0.2, 0.25) is 0 Å². The molecule has 1 atom stereocenters. The third kappa shape index (κ3) is 3.11. The second-order valence-electron chi connectivity index (χ2n) is 4.86. The monoisotopic (exact) mass is 278 g/mol. The average Bonchev–Trinajstić information content (AvgIpc) is 2.47. The van der Waals surface area contributed by atoms with E-state index in [4.69, 9.17) is 15.2 Å². The number of nitrogen functional groups attached to an aromatic ring is 1. The Balaban J connectivity index is 2.30. The van der Waals surface area contributed by atoms with Crippen LogP contribution in [0.1, 0.15) is 35.8 Å². The van der Waals surface area contributed by atoms with E-state index in [1.165, 1.54) is 0 Å². The number of nitrogens with zero attached hydrogens (tertiary/aromatic N) is 1. The Bertz CT molecular complexity index is 470. The lowest BCUT2D eigenvalue weighted by Crippen LogP contribution is -2.38. The number of carbonyl (C=O) groups excluding carboxylic acids is 1. The molecule has 1 fully saturated rings. The molecule has 20 heavy (non-hydrogen) atoms. The van der Waals surface area contributed by atoms with Gasteiger partial charge in [0.15, 0.2) is 0 Å². The van der Waals surface area contributed by atoms with Gasteiger partial charge in [0, 0.05) is 24.8 Å². The lowest BCUT2D eigenvalue weighted by Gasteiger charge is -2.33. The number of carbonyl (C=O) groups is 1. The second-order valence-corrected chi connectivity index (χ2v) is 4.86. The standard InChI is InChI=1S/C15H22N2O3/c1-3-20-15(18)14-12(5-4-6-13(14)16)11(2)17-7-9-19-10-8-17/h4-6,11H,3,7-10,16H2,1-2H3. The second kappa shape index (κ2) is 6.72. The van der Waals surface area contributed by atoms with Gasteiger partial charge < -0.3 is 15.2 Å². The fourth-order valence-electron chi connectivity index (χ4n) is 2.54. The van der Waals surface area contributed by atoms with Crippen molar-refractivity contribution in [3.8, 4) is 0 Å². The zero-order chi connectivity index (χ0) is 14.5. The largest absolute Gasteiger partial charge is 0.462 e. The fourth-order valence-corrected chi connectivity index (χ4v) is 2.54. The first-order valence-electron chi connectivity index (χ1n) is 7.02. The third-order valence-electron chi connectivity index (χ3n) is 3.65. The van der Waals surface area contributed by atoms with Crippen LogP contribution in [0.3, 0.4) is 0 Å². The Morgan fingerprint density at radius 1 is 1.45 bits per heavy atom. The Morgan fingerprint density at radius 2 is 2.15 bits per heavy atom. The smallest absolute Gasteiger partial charge is 0.340 e. The number of rotatable bonds is 4. The van der Waals surface area contributed by atoms with Crippen molar-refractivity contribution in [2.45, 2.75) is 19.9 Å². The van der Waals surface area contributed by atoms with Crippen LogP contribution in [0, 0.1) is 0 Å². The van der Waals surface area contributed by atoms with E-state index in [0.717, 1.165) is 31.9 Å². The van der Waals surface area contributed by atoms with Gasteiger partial charge in [-0.3, -0.25) is 4.90 Å². The van der Waals surface area contributed by atoms with Crippen LogP contribution in [-0.4, -0.2) is 43.8 Å². The molecular weight excluding hydrogens is 256 g/mol. The molecule has 1 aliphatic rings. The van der Waals surface area contributed by atoms with Crippen molar-refractivity contribution < 1.29 is 14.3 Å². The van der Waals surface area contributed by atoms with Crippen molar-refractivity contribution >= 4 is 11.7 Å². The van der Waals surface area contributed by atoms with Crippen LogP contribution in [-0.2, 0) is 9.47 Å². The van der Waals surface area contributed by atoms with E-state index < -0.39 is 0 Å². The van der Waals surface area contributed by atoms with Gasteiger partial charge in [-0.2, -0.15) is 0 Å². The number of anilines is 1. The maximum Gasteiger partial charge on any atom is 0.340 e. The molecule has 0 saturated carbocycles. The first kappa shape index (κ1) is 14.8. The van der Waals surface area contributed by atoms with Gasteiger partial charge in [-0.1, -0.05) is 12.1 Å². The number of morpholine rings is 1. The minimum Gasteiger partial charge on any atom is -0.462 e. The molecule has 1 aliphatic heterocycles. The molecule has 5 nitrogen and oxygen atoms in total. The lowest BCUT2D eigenvalue weighted by atomic mass is 9.98. The number of benzene rings is 1. The predicted octanol–water partition coefficient (Wildman–Crippen LogP) is 1.84. The molecule has 1 aromatic rings. The number of ether oxygens (including phenoxy) is 2. The quantitative estimate of drug-likeness (QED) is 0.672. The van der Waals surface area contributed by atoms with E-state index in [9.17, 15) is 4.79 Å². The third-order valence-corrected chi connectivity index (χ3v) is 3.65. The van der Waals surface area contributed by atoms with E-state index in [-0.39, 0.29) is 12.0 Å². The van der Waals surface area contributed by atoms with Crippen LogP contribution in [0.25, 0.3) is 0 Å². The molecule has 2 N–H and O–H groups in total. The first-order valence-corrected chi connectivity index (χ1v) is 7.02. The van der Waals surface area contributed by atoms with Crippen molar-refractivity contribution in [2.75, 3.05) is 38.6 Å². The molecule has 1 unspecified atom stereocenters. The Morgan fingerprint density at radius 3 is 2.80 bits per heavy atom. The molecule has 1 heterocycles. The average molecular weight is 278 g/mol. The van der Waals surface area contributed by atoms with Crippen molar-refractivity contribution in [3.05, 3.63) is 29.3 Å². The number of hydrogen-bond donors (Lipinski definition) is 1. The highest BCUT2D eigenvalue weighted by atomic mass is 16.5. The van der Waals surface area contributed by atoms with Gasteiger partial charge in [0.25, 0.3) is 0 Å². The molecule has 5 heteroatoms. The molecule has 0 amide bonds. The summed E-state index contributed by atoms with van der Waals surface area (Å²) in [6.45, 7) is 7.39. The van der Waals surface area contributed by atoms with Crippen LogP contribution in [0.4, 0.5) is 5.69 Å². The predicted molar refractivity (Wildman–Crippen MR) is 77.6 cm³/mol. The van der Waals surface area contributed by atoms with E-state index in [1.807, 2.05) is 12.1 Å². The highest BCUT2D eigenvalue weighted by Crippen LogP contribution is 2.28. The molecule has 0 spiro atoms. The van der Waals surface area contributed by atoms with Crippen LogP contribution in [0.5, 0.6) is 0 Å². The number of esters is 1. The fraction of sp³-hybridized carbons (Fsp3) is 0.533. The summed E-state index contributed by atoms with van der Waals surface area (Å²) in [6, 6.07) is 5.68. The molecule has 0 aromatic heterocycles. The molecule has 0 radical (unpaired) electrons. The summed E-state index contributed by atoms with van der Waals surface area (Å²) < 4.78 is 10.5. The maximum absolute atomic E-state index is 12.1. The van der Waals surface area contributed by atoms with E-state index in [2.05, 4.69) is 11.8 Å². The first-order chi connectivity index (χ1) is 9.65. The highest BCUT2D eigenvalue weighted by Gasteiger charge is 2.25. The summed E-state index contributed by atoms with van der Waals surface area (Å²) in [4.78, 5) is 14.4. The Hall–Kier alpha value is -1.59. The van der Waals surface area contributed by atoms with Crippen molar-refractivity contribution in [2.24, 2.45) is 0 Å². The van der Waals surface area contributed by atoms with Gasteiger partial charge in [0.1, 0.15) is 0 Å². The Labute approximate surface area is 119 Å². The summed E-state index contributed by atoms with van der Waals surface area (Å²) in [5.74, 6) is -0.347. The molecular formula is C15H22N2O3. The topological polar surface area (TPSA) is 64.8 Å². The van der Waals surface area contributed by atoms with Crippen molar-refractivity contribution in [1.82, 2.24) is 4.90 Å². The molecule has 0 bridgehead atoms. The lowest BCUT2D eigenvalue weighted by molar-refractivity contribution is 0.0194. The van der Waals surface area contributed by atoms with Gasteiger partial charge >= 0.3 is 5.97 Å². The van der Waals surface area contributed by atoms with E-state index in [1.54, 1.807) is 13.0 Å². The molecule has 110 valence electrons. The summed E-state index contributed by atoms with van der Waals surface area (Å²) in [5, 5.41) is 0. The number of nitrogens with two attached hydrogens (primary N) is 1. The van der Waals surface area contributed by atoms with Gasteiger partial charge in [-0.25, -0.2) is 4.79 Å². The zero-order valence-corrected chi connectivity index (χ0v) is 12.1. The summed E-state index contributed by atoms with van der Waals surface area (Å²) in [6.07, 6.45) is 0. The molecule has 0 aliphatic carbocycles. The van der Waals surface area contributed by atoms with Gasteiger partial charge in [0.05, 0.1) is 25.4 Å². The molecule has 1 saturated heterocycles. The molecule has 1 aromatic carbocycles. The van der Waals surface area contributed by atoms with E-state index >= 15 is 0 Å². The van der Waals surface area contributed by atoms with E-state index in [0.29, 0.717) is 17.9 Å². The minimum absolute atomic E-state index is 0.113. The van der Waals surface area contributed by atoms with Crippen LogP contribution >= 0.6 is 0 Å². The minimum atomic E-state index is -0.347. The Kier molecular flexibility index (Phi) is 4.98. The van der Waals surface area contributed by atoms with Gasteiger partial charge in [-0.15, -0.1) is 0 Å². The highest BCUT2D eigenvalue weighted by molar-refractivity contribution is 5.96. The van der Waals surface area contributed by atoms with Crippen molar-refractivity contribution in [1.29, 1.82) is 0 Å². The van der Waals surface area contributed by atoms with Crippen LogP contribution < -0.4 is 5.73 Å². The zero-order valence-electron chi connectivity index (χ0n) is 12.1. The number of hydrogen-bond acceptors (Lipinski definition) is 5. The summed E-state index contributed by atoms with van der Waals surface area (Å²) in [7, 11) is 0.